The molecule has 6 aromatic rings. The highest BCUT2D eigenvalue weighted by Crippen LogP contribution is 2.33. The molecular weight excluding hydrogens is 485 g/mol. The fraction of sp³-hybridized carbons (Fsp3) is 0.222. The van der Waals surface area contributed by atoms with E-state index in [0.29, 0.717) is 40.6 Å². The Bertz CT molecular complexity index is 1730. The van der Waals surface area contributed by atoms with Gasteiger partial charge in [0.1, 0.15) is 29.4 Å². The van der Waals surface area contributed by atoms with E-state index in [9.17, 15) is 4.39 Å². The third-order valence-corrected chi connectivity index (χ3v) is 6.89. The van der Waals surface area contributed by atoms with Crippen LogP contribution in [0.4, 0.5) is 4.39 Å². The fourth-order valence-corrected chi connectivity index (χ4v) is 4.99. The third-order valence-electron chi connectivity index (χ3n) is 6.89. The monoisotopic (exact) mass is 509 g/mol. The summed E-state index contributed by atoms with van der Waals surface area (Å²) in [5.41, 5.74) is 5.63. The molecular formula is C27H24FN9O. The SMILES string of the molecule is Fc1cc(OCCN2CCCC2)cc(-c2nccc3[nH]c(-c4n[nH]c5cnc(-c6cn[nH]c6)cc45)nc23)c1. The minimum Gasteiger partial charge on any atom is -0.492 e. The molecule has 0 atom stereocenters. The van der Waals surface area contributed by atoms with Crippen LogP contribution in [0, 0.1) is 5.82 Å². The Kier molecular flexibility index (Phi) is 5.54. The molecule has 7 rings (SSSR count). The molecule has 1 fully saturated rings. The number of halogens is 1. The predicted molar refractivity (Wildman–Crippen MR) is 141 cm³/mol. The minimum absolute atomic E-state index is 0.384. The Labute approximate surface area is 216 Å². The fourth-order valence-electron chi connectivity index (χ4n) is 4.99. The summed E-state index contributed by atoms with van der Waals surface area (Å²) in [6.07, 6.45) is 9.38. The number of ether oxygens (including phenoxy) is 1. The molecule has 3 N–H and O–H groups in total. The van der Waals surface area contributed by atoms with Crippen LogP contribution in [0.15, 0.2) is 55.1 Å². The summed E-state index contributed by atoms with van der Waals surface area (Å²) in [6, 6.07) is 8.47. The Balaban J connectivity index is 1.23. The summed E-state index contributed by atoms with van der Waals surface area (Å²) in [5.74, 6) is 0.667. The van der Waals surface area contributed by atoms with Crippen molar-refractivity contribution >= 4 is 21.9 Å². The van der Waals surface area contributed by atoms with Crippen LogP contribution in [0.25, 0.3) is 56.0 Å². The van der Waals surface area contributed by atoms with Crippen molar-refractivity contribution in [2.75, 3.05) is 26.2 Å². The van der Waals surface area contributed by atoms with E-state index in [4.69, 9.17) is 9.72 Å². The average molecular weight is 510 g/mol. The standard InChI is InChI=1S/C27H24FN9O/c28-18-9-16(10-19(11-18)38-8-7-37-5-1-2-6-37)24-26-21(3-4-29-24)33-27(34-26)25-20-12-22(17-13-31-32-14-17)30-15-23(20)35-36-25/h3-4,9-15H,1-2,5-8H2,(H,31,32)(H,33,34)(H,35,36). The van der Waals surface area contributed by atoms with Gasteiger partial charge in [0.25, 0.3) is 0 Å². The molecule has 38 heavy (non-hydrogen) atoms. The molecule has 10 nitrogen and oxygen atoms in total. The molecule has 11 heteroatoms. The number of imidazole rings is 1. The van der Waals surface area contributed by atoms with Crippen molar-refractivity contribution in [2.45, 2.75) is 12.8 Å². The molecule has 0 spiro atoms. The minimum atomic E-state index is -0.384. The largest absolute Gasteiger partial charge is 0.492 e. The van der Waals surface area contributed by atoms with Gasteiger partial charge in [-0.2, -0.15) is 10.2 Å². The number of nitrogens with zero attached hydrogens (tertiary/aromatic N) is 6. The quantitative estimate of drug-likeness (QED) is 0.288. The number of hydrogen-bond acceptors (Lipinski definition) is 7. The number of rotatable bonds is 7. The normalized spacial score (nSPS) is 14.1. The summed E-state index contributed by atoms with van der Waals surface area (Å²) in [5, 5.41) is 15.2. The molecule has 0 radical (unpaired) electrons. The first-order valence-corrected chi connectivity index (χ1v) is 12.6. The highest BCUT2D eigenvalue weighted by atomic mass is 19.1. The molecule has 1 saturated heterocycles. The van der Waals surface area contributed by atoms with Gasteiger partial charge in [-0.05, 0) is 50.2 Å². The van der Waals surface area contributed by atoms with Gasteiger partial charge in [-0.15, -0.1) is 0 Å². The van der Waals surface area contributed by atoms with Crippen molar-refractivity contribution in [1.82, 2.24) is 45.2 Å². The van der Waals surface area contributed by atoms with Crippen molar-refractivity contribution < 1.29 is 9.13 Å². The van der Waals surface area contributed by atoms with Gasteiger partial charge in [-0.25, -0.2) is 9.37 Å². The van der Waals surface area contributed by atoms with E-state index in [0.717, 1.165) is 47.3 Å². The van der Waals surface area contributed by atoms with Crippen molar-refractivity contribution in [2.24, 2.45) is 0 Å². The van der Waals surface area contributed by atoms with E-state index >= 15 is 0 Å². The lowest BCUT2D eigenvalue weighted by Crippen LogP contribution is -2.25. The van der Waals surface area contributed by atoms with Crippen LogP contribution in [0.5, 0.6) is 5.75 Å². The van der Waals surface area contributed by atoms with Gasteiger partial charge in [-0.3, -0.25) is 25.1 Å². The van der Waals surface area contributed by atoms with Crippen molar-refractivity contribution in [1.29, 1.82) is 0 Å². The topological polar surface area (TPSA) is 124 Å². The lowest BCUT2D eigenvalue weighted by atomic mass is 10.1. The van der Waals surface area contributed by atoms with Gasteiger partial charge in [0, 0.05) is 41.5 Å². The zero-order valence-electron chi connectivity index (χ0n) is 20.4. The van der Waals surface area contributed by atoms with Crippen LogP contribution >= 0.6 is 0 Å². The summed E-state index contributed by atoms with van der Waals surface area (Å²) >= 11 is 0. The van der Waals surface area contributed by atoms with E-state index in [1.807, 2.05) is 18.2 Å². The summed E-state index contributed by atoms with van der Waals surface area (Å²) < 4.78 is 20.5. The summed E-state index contributed by atoms with van der Waals surface area (Å²) in [4.78, 5) is 19.6. The van der Waals surface area contributed by atoms with Gasteiger partial charge in [-0.1, -0.05) is 0 Å². The zero-order valence-corrected chi connectivity index (χ0v) is 20.4. The number of hydrogen-bond donors (Lipinski definition) is 3. The second-order valence-electron chi connectivity index (χ2n) is 9.39. The van der Waals surface area contributed by atoms with Crippen LogP contribution in [0.3, 0.4) is 0 Å². The van der Waals surface area contributed by atoms with Gasteiger partial charge >= 0.3 is 0 Å². The predicted octanol–water partition coefficient (Wildman–Crippen LogP) is 4.57. The van der Waals surface area contributed by atoms with E-state index in [1.165, 1.54) is 25.0 Å². The Morgan fingerprint density at radius 1 is 0.974 bits per heavy atom. The van der Waals surface area contributed by atoms with E-state index in [1.54, 1.807) is 24.8 Å². The molecule has 0 aliphatic carbocycles. The Morgan fingerprint density at radius 3 is 2.76 bits per heavy atom. The van der Waals surface area contributed by atoms with Crippen LogP contribution < -0.4 is 4.74 Å². The number of nitrogens with one attached hydrogen (secondary N) is 3. The molecule has 0 unspecified atom stereocenters. The maximum atomic E-state index is 14.6. The van der Waals surface area contributed by atoms with E-state index < -0.39 is 0 Å². The maximum Gasteiger partial charge on any atom is 0.159 e. The van der Waals surface area contributed by atoms with E-state index in [-0.39, 0.29) is 5.82 Å². The maximum absolute atomic E-state index is 14.6. The molecule has 1 aliphatic heterocycles. The number of aromatic amines is 3. The van der Waals surface area contributed by atoms with Crippen molar-refractivity contribution in [3.8, 4) is 39.8 Å². The first-order valence-electron chi connectivity index (χ1n) is 12.6. The molecule has 0 amide bonds. The Morgan fingerprint density at radius 2 is 1.89 bits per heavy atom. The number of benzene rings is 1. The van der Waals surface area contributed by atoms with Crippen LogP contribution in [0.2, 0.25) is 0 Å². The van der Waals surface area contributed by atoms with Gasteiger partial charge in [0.2, 0.25) is 0 Å². The molecule has 0 bridgehead atoms. The number of pyridine rings is 2. The summed E-state index contributed by atoms with van der Waals surface area (Å²) in [7, 11) is 0. The van der Waals surface area contributed by atoms with Crippen molar-refractivity contribution in [3.05, 3.63) is 60.9 Å². The highest BCUT2D eigenvalue weighted by Gasteiger charge is 2.18. The molecule has 6 heterocycles. The lowest BCUT2D eigenvalue weighted by Gasteiger charge is -2.15. The second kappa shape index (κ2) is 9.34. The molecule has 1 aromatic carbocycles. The molecule has 190 valence electrons. The number of aromatic nitrogens is 8. The molecule has 5 aromatic heterocycles. The van der Waals surface area contributed by atoms with Gasteiger partial charge in [0.15, 0.2) is 5.82 Å². The number of H-pyrrole nitrogens is 3. The smallest absolute Gasteiger partial charge is 0.159 e. The average Bonchev–Trinajstić information content (AvgIpc) is 3.73. The second-order valence-corrected chi connectivity index (χ2v) is 9.39. The molecule has 1 aliphatic rings. The number of likely N-dealkylation sites (tertiary alicyclic amines) is 1. The zero-order chi connectivity index (χ0) is 25.5. The first kappa shape index (κ1) is 22.5. The molecule has 0 saturated carbocycles. The van der Waals surface area contributed by atoms with Gasteiger partial charge < -0.3 is 9.72 Å². The van der Waals surface area contributed by atoms with Crippen LogP contribution in [-0.2, 0) is 0 Å². The van der Waals surface area contributed by atoms with Crippen LogP contribution in [0.1, 0.15) is 12.8 Å². The van der Waals surface area contributed by atoms with Crippen LogP contribution in [-0.4, -0.2) is 71.5 Å². The van der Waals surface area contributed by atoms with Crippen molar-refractivity contribution in [3.63, 3.8) is 0 Å². The third kappa shape index (κ3) is 4.16. The first-order chi connectivity index (χ1) is 18.7. The van der Waals surface area contributed by atoms with Gasteiger partial charge in [0.05, 0.1) is 34.8 Å². The number of fused-ring (bicyclic) bond motifs is 2. The van der Waals surface area contributed by atoms with E-state index in [2.05, 4.69) is 40.2 Å². The summed E-state index contributed by atoms with van der Waals surface area (Å²) in [6.45, 7) is 3.53. The highest BCUT2D eigenvalue weighted by molar-refractivity contribution is 5.96. The lowest BCUT2D eigenvalue weighted by molar-refractivity contribution is 0.237. The Hall–Kier alpha value is -4.64.